The lowest BCUT2D eigenvalue weighted by molar-refractivity contribution is -0.116. The Balaban J connectivity index is 1.88. The van der Waals surface area contributed by atoms with E-state index in [0.717, 1.165) is 5.75 Å². The number of hydrogen-bond donors (Lipinski definition) is 1. The van der Waals surface area contributed by atoms with Gasteiger partial charge in [0, 0.05) is 12.5 Å². The van der Waals surface area contributed by atoms with Crippen molar-refractivity contribution in [3.8, 4) is 17.2 Å². The number of carbonyl (C=O) groups excluding carboxylic acids is 2. The summed E-state index contributed by atoms with van der Waals surface area (Å²) in [7, 11) is 3.02. The Hall–Kier alpha value is -2.93. The van der Waals surface area contributed by atoms with Crippen molar-refractivity contribution in [2.45, 2.75) is 19.8 Å². The molecule has 0 saturated carbocycles. The maximum absolute atomic E-state index is 12.2. The van der Waals surface area contributed by atoms with E-state index in [1.165, 1.54) is 19.2 Å². The van der Waals surface area contributed by atoms with Crippen LogP contribution in [0.4, 0.5) is 5.69 Å². The second-order valence-electron chi connectivity index (χ2n) is 5.93. The third kappa shape index (κ3) is 6.57. The summed E-state index contributed by atoms with van der Waals surface area (Å²) in [4.78, 5) is 24.2. The number of amides is 1. The number of hydrogen-bond acceptors (Lipinski definition) is 6. The molecule has 0 fully saturated rings. The summed E-state index contributed by atoms with van der Waals surface area (Å²) < 4.78 is 20.9. The molecule has 1 N–H and O–H groups in total. The van der Waals surface area contributed by atoms with Gasteiger partial charge >= 0.3 is 5.97 Å². The lowest BCUT2D eigenvalue weighted by Gasteiger charge is -2.13. The molecule has 0 aromatic heterocycles. The smallest absolute Gasteiger partial charge is 0.341 e. The number of rotatable bonds is 10. The lowest BCUT2D eigenvalue weighted by atomic mass is 10.1. The van der Waals surface area contributed by atoms with Gasteiger partial charge in [0.1, 0.15) is 22.8 Å². The number of anilines is 1. The molecule has 0 radical (unpaired) electrons. The summed E-state index contributed by atoms with van der Waals surface area (Å²) >= 11 is 6.20. The molecule has 29 heavy (non-hydrogen) atoms. The molecule has 0 aliphatic carbocycles. The first kappa shape index (κ1) is 22.4. The first-order valence-corrected chi connectivity index (χ1v) is 9.47. The van der Waals surface area contributed by atoms with E-state index in [4.69, 9.17) is 30.5 Å². The van der Waals surface area contributed by atoms with Crippen molar-refractivity contribution in [1.29, 1.82) is 0 Å². The van der Waals surface area contributed by atoms with Gasteiger partial charge in [-0.05, 0) is 43.7 Å². The number of methoxy groups -OCH3 is 2. The minimum Gasteiger partial charge on any atom is -0.497 e. The second-order valence-corrected chi connectivity index (χ2v) is 6.34. The Bertz CT molecular complexity index is 838. The lowest BCUT2D eigenvalue weighted by Crippen LogP contribution is -2.14. The molecule has 2 aromatic carbocycles. The Morgan fingerprint density at radius 3 is 2.34 bits per heavy atom. The topological polar surface area (TPSA) is 83.1 Å². The summed E-state index contributed by atoms with van der Waals surface area (Å²) in [6.07, 6.45) is 0.766. The SMILES string of the molecule is CCOC(=O)c1cc(Cl)c(NC(=O)CCCOc2ccc(OC)cc2)cc1OC. The van der Waals surface area contributed by atoms with Crippen molar-refractivity contribution in [2.75, 3.05) is 32.8 Å². The van der Waals surface area contributed by atoms with E-state index in [1.807, 2.05) is 0 Å². The molecule has 0 heterocycles. The first-order valence-electron chi connectivity index (χ1n) is 9.09. The number of ether oxygens (including phenoxy) is 4. The monoisotopic (exact) mass is 421 g/mol. The van der Waals surface area contributed by atoms with Crippen LogP contribution in [0.1, 0.15) is 30.1 Å². The molecule has 8 heteroatoms. The number of benzene rings is 2. The molecule has 7 nitrogen and oxygen atoms in total. The van der Waals surface area contributed by atoms with E-state index in [-0.39, 0.29) is 35.3 Å². The molecular weight excluding hydrogens is 398 g/mol. The molecule has 0 saturated heterocycles. The minimum atomic E-state index is -0.542. The zero-order valence-corrected chi connectivity index (χ0v) is 17.4. The van der Waals surface area contributed by atoms with Crippen molar-refractivity contribution >= 4 is 29.2 Å². The standard InChI is InChI=1S/C21H24ClNO6/c1-4-28-21(25)16-12-17(22)18(13-19(16)27-3)23-20(24)6-5-11-29-15-9-7-14(26-2)8-10-15/h7-10,12-13H,4-6,11H2,1-3H3,(H,23,24). The van der Waals surface area contributed by atoms with Gasteiger partial charge in [-0.2, -0.15) is 0 Å². The quantitative estimate of drug-likeness (QED) is 0.454. The van der Waals surface area contributed by atoms with Gasteiger partial charge in [0.05, 0.1) is 38.1 Å². The van der Waals surface area contributed by atoms with Crippen molar-refractivity contribution < 1.29 is 28.5 Å². The third-order valence-corrected chi connectivity index (χ3v) is 4.25. The second kappa shape index (κ2) is 11.2. The van der Waals surface area contributed by atoms with Crippen LogP contribution in [0.15, 0.2) is 36.4 Å². The van der Waals surface area contributed by atoms with Gasteiger partial charge in [-0.1, -0.05) is 11.6 Å². The van der Waals surface area contributed by atoms with Crippen LogP contribution in [0.3, 0.4) is 0 Å². The molecule has 0 spiro atoms. The van der Waals surface area contributed by atoms with E-state index >= 15 is 0 Å². The molecule has 2 aromatic rings. The summed E-state index contributed by atoms with van der Waals surface area (Å²) in [6.45, 7) is 2.33. The van der Waals surface area contributed by atoms with E-state index in [9.17, 15) is 9.59 Å². The predicted octanol–water partition coefficient (Wildman–Crippen LogP) is 4.33. The van der Waals surface area contributed by atoms with Crippen molar-refractivity contribution in [2.24, 2.45) is 0 Å². The maximum Gasteiger partial charge on any atom is 0.341 e. The first-order chi connectivity index (χ1) is 14.0. The predicted molar refractivity (Wildman–Crippen MR) is 110 cm³/mol. The van der Waals surface area contributed by atoms with Crippen LogP contribution in [-0.4, -0.2) is 39.3 Å². The van der Waals surface area contributed by atoms with Crippen LogP contribution in [-0.2, 0) is 9.53 Å². The van der Waals surface area contributed by atoms with Gasteiger partial charge in [0.25, 0.3) is 0 Å². The molecule has 1 amide bonds. The number of halogens is 1. The highest BCUT2D eigenvalue weighted by molar-refractivity contribution is 6.34. The maximum atomic E-state index is 12.2. The zero-order chi connectivity index (χ0) is 21.2. The Morgan fingerprint density at radius 2 is 1.72 bits per heavy atom. The number of esters is 1. The Labute approximate surface area is 174 Å². The summed E-state index contributed by atoms with van der Waals surface area (Å²) in [5, 5.41) is 2.94. The van der Waals surface area contributed by atoms with Gasteiger partial charge in [-0.3, -0.25) is 4.79 Å². The van der Waals surface area contributed by atoms with E-state index in [2.05, 4.69) is 5.32 Å². The average molecular weight is 422 g/mol. The van der Waals surface area contributed by atoms with E-state index in [1.54, 1.807) is 38.3 Å². The molecule has 0 bridgehead atoms. The van der Waals surface area contributed by atoms with Crippen molar-refractivity contribution in [3.05, 3.63) is 47.0 Å². The van der Waals surface area contributed by atoms with E-state index < -0.39 is 5.97 Å². The zero-order valence-electron chi connectivity index (χ0n) is 16.6. The molecular formula is C21H24ClNO6. The summed E-state index contributed by atoms with van der Waals surface area (Å²) in [5.74, 6) is 0.952. The third-order valence-electron chi connectivity index (χ3n) is 3.93. The Morgan fingerprint density at radius 1 is 1.03 bits per heavy atom. The van der Waals surface area contributed by atoms with Crippen LogP contribution in [0.2, 0.25) is 5.02 Å². The minimum absolute atomic E-state index is 0.199. The van der Waals surface area contributed by atoms with Gasteiger partial charge in [-0.25, -0.2) is 4.79 Å². The van der Waals surface area contributed by atoms with Gasteiger partial charge in [0.15, 0.2) is 0 Å². The molecule has 0 unspecified atom stereocenters. The molecule has 0 aliphatic heterocycles. The number of nitrogens with one attached hydrogen (secondary N) is 1. The largest absolute Gasteiger partial charge is 0.497 e. The highest BCUT2D eigenvalue weighted by Gasteiger charge is 2.18. The molecule has 0 atom stereocenters. The fraction of sp³-hybridized carbons (Fsp3) is 0.333. The fourth-order valence-electron chi connectivity index (χ4n) is 2.49. The van der Waals surface area contributed by atoms with Crippen LogP contribution >= 0.6 is 11.6 Å². The number of carbonyl (C=O) groups is 2. The van der Waals surface area contributed by atoms with E-state index in [0.29, 0.717) is 24.5 Å². The average Bonchev–Trinajstić information content (AvgIpc) is 2.73. The van der Waals surface area contributed by atoms with Gasteiger partial charge in [-0.15, -0.1) is 0 Å². The fourth-order valence-corrected chi connectivity index (χ4v) is 2.70. The molecule has 2 rings (SSSR count). The Kier molecular flexibility index (Phi) is 8.61. The normalized spacial score (nSPS) is 10.2. The van der Waals surface area contributed by atoms with Crippen LogP contribution in [0, 0.1) is 0 Å². The molecule has 156 valence electrons. The molecule has 0 aliphatic rings. The summed E-state index contributed by atoms with van der Waals surface area (Å²) in [5.41, 5.74) is 0.558. The highest BCUT2D eigenvalue weighted by Crippen LogP contribution is 2.31. The van der Waals surface area contributed by atoms with Crippen LogP contribution in [0.5, 0.6) is 17.2 Å². The van der Waals surface area contributed by atoms with Gasteiger partial charge < -0.3 is 24.3 Å². The van der Waals surface area contributed by atoms with Crippen molar-refractivity contribution in [3.63, 3.8) is 0 Å². The van der Waals surface area contributed by atoms with Gasteiger partial charge in [0.2, 0.25) is 5.91 Å². The summed E-state index contributed by atoms with van der Waals surface area (Å²) in [6, 6.07) is 10.1. The van der Waals surface area contributed by atoms with Crippen LogP contribution < -0.4 is 19.5 Å². The van der Waals surface area contributed by atoms with Crippen LogP contribution in [0.25, 0.3) is 0 Å². The highest BCUT2D eigenvalue weighted by atomic mass is 35.5. The van der Waals surface area contributed by atoms with Crippen molar-refractivity contribution in [1.82, 2.24) is 0 Å².